The van der Waals surface area contributed by atoms with Crippen molar-refractivity contribution in [3.05, 3.63) is 36.3 Å². The number of anilines is 1. The number of nitrogens with zero attached hydrogens (tertiary/aromatic N) is 3. The standard InChI is InChI=1S/C10H12N4.ClH/c1-8-6-9(11-2)7-12-10(8)14-5-3-4-13-14;/h3-7,11H,1-2H3;1H. The highest BCUT2D eigenvalue weighted by Gasteiger charge is 2.02. The molecule has 0 aliphatic rings. The minimum atomic E-state index is 0. The van der Waals surface area contributed by atoms with E-state index in [1.807, 2.05) is 32.3 Å². The van der Waals surface area contributed by atoms with Crippen LogP contribution in [0.1, 0.15) is 5.56 Å². The molecule has 2 aromatic heterocycles. The van der Waals surface area contributed by atoms with Gasteiger partial charge in [-0.05, 0) is 24.6 Å². The highest BCUT2D eigenvalue weighted by Crippen LogP contribution is 2.14. The lowest BCUT2D eigenvalue weighted by atomic mass is 10.2. The van der Waals surface area contributed by atoms with Gasteiger partial charge in [0.2, 0.25) is 0 Å². The van der Waals surface area contributed by atoms with Crippen molar-refractivity contribution in [1.82, 2.24) is 14.8 Å². The van der Waals surface area contributed by atoms with Crippen molar-refractivity contribution < 1.29 is 0 Å². The van der Waals surface area contributed by atoms with Crippen LogP contribution in [0, 0.1) is 6.92 Å². The van der Waals surface area contributed by atoms with Gasteiger partial charge >= 0.3 is 0 Å². The molecule has 0 saturated carbocycles. The number of pyridine rings is 1. The summed E-state index contributed by atoms with van der Waals surface area (Å²) in [5.74, 6) is 0.869. The monoisotopic (exact) mass is 224 g/mol. The summed E-state index contributed by atoms with van der Waals surface area (Å²) in [6.45, 7) is 2.02. The van der Waals surface area contributed by atoms with Crippen molar-refractivity contribution in [2.24, 2.45) is 0 Å². The number of hydrogen-bond acceptors (Lipinski definition) is 3. The second kappa shape index (κ2) is 4.79. The van der Waals surface area contributed by atoms with Crippen LogP contribution < -0.4 is 5.32 Å². The molecule has 0 atom stereocenters. The van der Waals surface area contributed by atoms with E-state index >= 15 is 0 Å². The van der Waals surface area contributed by atoms with Crippen LogP contribution in [0.4, 0.5) is 5.69 Å². The van der Waals surface area contributed by atoms with Crippen LogP contribution in [-0.2, 0) is 0 Å². The molecular weight excluding hydrogens is 212 g/mol. The largest absolute Gasteiger partial charge is 0.387 e. The zero-order valence-electron chi connectivity index (χ0n) is 8.64. The Hall–Kier alpha value is -1.55. The first-order valence-electron chi connectivity index (χ1n) is 4.45. The highest BCUT2D eigenvalue weighted by molar-refractivity contribution is 5.85. The Labute approximate surface area is 94.7 Å². The maximum Gasteiger partial charge on any atom is 0.156 e. The lowest BCUT2D eigenvalue weighted by Crippen LogP contribution is -2.01. The molecule has 0 aromatic carbocycles. The topological polar surface area (TPSA) is 42.7 Å². The molecule has 0 aliphatic carbocycles. The van der Waals surface area contributed by atoms with Crippen molar-refractivity contribution >= 4 is 18.1 Å². The van der Waals surface area contributed by atoms with Crippen molar-refractivity contribution in [2.45, 2.75) is 6.92 Å². The third-order valence-electron chi connectivity index (χ3n) is 2.06. The summed E-state index contributed by atoms with van der Waals surface area (Å²) in [4.78, 5) is 4.33. The van der Waals surface area contributed by atoms with Gasteiger partial charge in [0, 0.05) is 19.4 Å². The number of hydrogen-bond donors (Lipinski definition) is 1. The molecule has 0 fully saturated rings. The van der Waals surface area contributed by atoms with Gasteiger partial charge in [0.1, 0.15) is 0 Å². The molecule has 80 valence electrons. The third kappa shape index (κ3) is 2.27. The maximum absolute atomic E-state index is 4.33. The summed E-state index contributed by atoms with van der Waals surface area (Å²) >= 11 is 0. The van der Waals surface area contributed by atoms with Crippen LogP contribution in [0.25, 0.3) is 5.82 Å². The first-order chi connectivity index (χ1) is 6.81. The predicted octanol–water partition coefficient (Wildman–Crippen LogP) is 2.04. The molecule has 0 bridgehead atoms. The Morgan fingerprint density at radius 3 is 2.73 bits per heavy atom. The number of rotatable bonds is 2. The van der Waals surface area contributed by atoms with Gasteiger partial charge in [-0.3, -0.25) is 0 Å². The lowest BCUT2D eigenvalue weighted by Gasteiger charge is -2.06. The smallest absolute Gasteiger partial charge is 0.156 e. The molecule has 0 spiro atoms. The third-order valence-corrected chi connectivity index (χ3v) is 2.06. The van der Waals surface area contributed by atoms with Gasteiger partial charge in [-0.1, -0.05) is 0 Å². The Morgan fingerprint density at radius 1 is 1.40 bits per heavy atom. The summed E-state index contributed by atoms with van der Waals surface area (Å²) in [6.07, 6.45) is 5.42. The minimum Gasteiger partial charge on any atom is -0.387 e. The molecular formula is C10H13ClN4. The van der Waals surface area contributed by atoms with Crippen molar-refractivity contribution in [1.29, 1.82) is 0 Å². The van der Waals surface area contributed by atoms with E-state index < -0.39 is 0 Å². The summed E-state index contributed by atoms with van der Waals surface area (Å²) in [5, 5.41) is 7.18. The lowest BCUT2D eigenvalue weighted by molar-refractivity contribution is 0.838. The van der Waals surface area contributed by atoms with Gasteiger partial charge in [0.25, 0.3) is 0 Å². The zero-order valence-corrected chi connectivity index (χ0v) is 9.45. The number of halogens is 1. The Kier molecular flexibility index (Phi) is 3.68. The molecule has 1 N–H and O–H groups in total. The fourth-order valence-electron chi connectivity index (χ4n) is 1.34. The highest BCUT2D eigenvalue weighted by atomic mass is 35.5. The second-order valence-electron chi connectivity index (χ2n) is 3.07. The summed E-state index contributed by atoms with van der Waals surface area (Å²) in [7, 11) is 1.88. The van der Waals surface area contributed by atoms with Crippen LogP contribution in [0.15, 0.2) is 30.7 Å². The van der Waals surface area contributed by atoms with E-state index in [9.17, 15) is 0 Å². The fourth-order valence-corrected chi connectivity index (χ4v) is 1.34. The van der Waals surface area contributed by atoms with E-state index in [1.165, 1.54) is 0 Å². The Balaban J connectivity index is 0.00000112. The quantitative estimate of drug-likeness (QED) is 0.849. The Morgan fingerprint density at radius 2 is 2.20 bits per heavy atom. The van der Waals surface area contributed by atoms with Crippen LogP contribution in [0.2, 0.25) is 0 Å². The summed E-state index contributed by atoms with van der Waals surface area (Å²) in [5.41, 5.74) is 2.11. The van der Waals surface area contributed by atoms with E-state index in [0.717, 1.165) is 17.1 Å². The molecule has 0 unspecified atom stereocenters. The Bertz CT molecular complexity index is 425. The molecule has 4 nitrogen and oxygen atoms in total. The van der Waals surface area contributed by atoms with Crippen molar-refractivity contribution in [3.63, 3.8) is 0 Å². The molecule has 2 heterocycles. The van der Waals surface area contributed by atoms with Crippen molar-refractivity contribution in [3.8, 4) is 5.82 Å². The fraction of sp³-hybridized carbons (Fsp3) is 0.200. The van der Waals surface area contributed by atoms with Crippen LogP contribution in [0.5, 0.6) is 0 Å². The van der Waals surface area contributed by atoms with E-state index in [2.05, 4.69) is 15.4 Å². The molecule has 0 amide bonds. The van der Waals surface area contributed by atoms with Gasteiger partial charge in [-0.25, -0.2) is 9.67 Å². The van der Waals surface area contributed by atoms with Gasteiger partial charge in [-0.15, -0.1) is 12.4 Å². The average molecular weight is 225 g/mol. The van der Waals surface area contributed by atoms with Gasteiger partial charge in [-0.2, -0.15) is 5.10 Å². The molecule has 5 heteroatoms. The first kappa shape index (κ1) is 11.5. The van der Waals surface area contributed by atoms with E-state index in [-0.39, 0.29) is 12.4 Å². The zero-order chi connectivity index (χ0) is 9.97. The normalized spacial score (nSPS) is 9.47. The van der Waals surface area contributed by atoms with Crippen molar-refractivity contribution in [2.75, 3.05) is 12.4 Å². The number of aromatic nitrogens is 3. The summed E-state index contributed by atoms with van der Waals surface area (Å²) in [6, 6.07) is 3.93. The van der Waals surface area contributed by atoms with Gasteiger partial charge < -0.3 is 5.32 Å². The summed E-state index contributed by atoms with van der Waals surface area (Å²) < 4.78 is 1.76. The molecule has 2 rings (SSSR count). The van der Waals surface area contributed by atoms with Gasteiger partial charge in [0.15, 0.2) is 5.82 Å². The van der Waals surface area contributed by atoms with Gasteiger partial charge in [0.05, 0.1) is 11.9 Å². The molecule has 0 radical (unpaired) electrons. The van der Waals surface area contributed by atoms with Crippen LogP contribution in [-0.4, -0.2) is 21.8 Å². The van der Waals surface area contributed by atoms with E-state index in [4.69, 9.17) is 0 Å². The van der Waals surface area contributed by atoms with E-state index in [0.29, 0.717) is 0 Å². The molecule has 0 saturated heterocycles. The minimum absolute atomic E-state index is 0. The average Bonchev–Trinajstić information content (AvgIpc) is 2.70. The number of aryl methyl sites for hydroxylation is 1. The molecule has 15 heavy (non-hydrogen) atoms. The maximum atomic E-state index is 4.33. The second-order valence-corrected chi connectivity index (χ2v) is 3.07. The first-order valence-corrected chi connectivity index (χ1v) is 4.45. The number of nitrogens with one attached hydrogen (secondary N) is 1. The predicted molar refractivity (Wildman–Crippen MR) is 62.9 cm³/mol. The van der Waals surface area contributed by atoms with Crippen LogP contribution in [0.3, 0.4) is 0 Å². The van der Waals surface area contributed by atoms with E-state index in [1.54, 1.807) is 17.1 Å². The SMILES string of the molecule is CNc1cnc(-n2cccn2)c(C)c1.Cl. The van der Waals surface area contributed by atoms with Crippen LogP contribution >= 0.6 is 12.4 Å². The molecule has 2 aromatic rings. The molecule has 0 aliphatic heterocycles.